The van der Waals surface area contributed by atoms with Gasteiger partial charge >= 0.3 is 5.97 Å². The molecule has 0 heterocycles. The first-order chi connectivity index (χ1) is 17.6. The first-order valence-electron chi connectivity index (χ1n) is 15.3. The predicted molar refractivity (Wildman–Crippen MR) is 154 cm³/mol. The SMILES string of the molecule is CC(C)CCC[C@H](C)[C@H]1CC[C@H]2[C@H]3CC=C4C[C@@H](OC(=O)c5cccc(Cl)c5)CC[C@]4(C)[C@@H]3CC[C@]12C. The van der Waals surface area contributed by atoms with E-state index in [2.05, 4.69) is 40.7 Å². The third kappa shape index (κ3) is 5.18. The van der Waals surface area contributed by atoms with Crippen LogP contribution in [0.1, 0.15) is 116 Å². The van der Waals surface area contributed by atoms with Gasteiger partial charge in [-0.3, -0.25) is 0 Å². The van der Waals surface area contributed by atoms with Gasteiger partial charge in [-0.15, -0.1) is 0 Å². The molecule has 3 heteroatoms. The van der Waals surface area contributed by atoms with Crippen LogP contribution in [0.25, 0.3) is 0 Å². The standard InChI is InChI=1S/C34H49ClO2/c1-22(2)8-6-9-23(3)29-14-15-30-28-13-12-25-21-27(37-32(36)24-10-7-11-26(35)20-24)16-18-33(25,4)31(28)17-19-34(29,30)5/h7,10-12,20,22-23,27-31H,6,8-9,13-19,21H2,1-5H3/t23-,27-,28+,29+,30-,31+,33-,34+/m0/s1. The summed E-state index contributed by atoms with van der Waals surface area (Å²) in [6.45, 7) is 12.5. The molecule has 3 fully saturated rings. The predicted octanol–water partition coefficient (Wildman–Crippen LogP) is 9.91. The molecule has 3 saturated carbocycles. The molecule has 37 heavy (non-hydrogen) atoms. The lowest BCUT2D eigenvalue weighted by Crippen LogP contribution is -2.51. The molecule has 4 aliphatic carbocycles. The highest BCUT2D eigenvalue weighted by Crippen LogP contribution is 2.67. The van der Waals surface area contributed by atoms with E-state index in [-0.39, 0.29) is 17.5 Å². The van der Waals surface area contributed by atoms with E-state index >= 15 is 0 Å². The van der Waals surface area contributed by atoms with Crippen LogP contribution in [0.3, 0.4) is 0 Å². The molecule has 1 aromatic rings. The Labute approximate surface area is 231 Å². The normalized spacial score (nSPS) is 37.8. The summed E-state index contributed by atoms with van der Waals surface area (Å²) in [6.07, 6.45) is 16.7. The second kappa shape index (κ2) is 10.7. The highest BCUT2D eigenvalue weighted by atomic mass is 35.5. The Kier molecular flexibility index (Phi) is 7.90. The van der Waals surface area contributed by atoms with Crippen molar-refractivity contribution in [2.45, 2.75) is 111 Å². The number of hydrogen-bond acceptors (Lipinski definition) is 2. The molecule has 0 amide bonds. The van der Waals surface area contributed by atoms with E-state index in [1.807, 2.05) is 6.07 Å². The molecule has 4 aliphatic rings. The number of esters is 1. The van der Waals surface area contributed by atoms with E-state index < -0.39 is 0 Å². The summed E-state index contributed by atoms with van der Waals surface area (Å²) in [5, 5.41) is 0.579. The van der Waals surface area contributed by atoms with E-state index in [4.69, 9.17) is 16.3 Å². The lowest BCUT2D eigenvalue weighted by Gasteiger charge is -2.58. The first-order valence-corrected chi connectivity index (χ1v) is 15.7. The fraction of sp³-hybridized carbons (Fsp3) is 0.735. The van der Waals surface area contributed by atoms with Gasteiger partial charge in [0.15, 0.2) is 0 Å². The van der Waals surface area contributed by atoms with Crippen LogP contribution in [0.15, 0.2) is 35.9 Å². The quantitative estimate of drug-likeness (QED) is 0.262. The average molecular weight is 525 g/mol. The second-order valence-corrected chi connectivity index (χ2v) is 14.5. The average Bonchev–Trinajstić information content (AvgIpc) is 3.21. The fourth-order valence-corrected chi connectivity index (χ4v) is 9.78. The number of rotatable bonds is 7. The number of halogens is 1. The van der Waals surface area contributed by atoms with Gasteiger partial charge in [0, 0.05) is 11.4 Å². The first kappa shape index (κ1) is 27.3. The molecule has 0 bridgehead atoms. The van der Waals surface area contributed by atoms with Crippen molar-refractivity contribution in [3.8, 4) is 0 Å². The van der Waals surface area contributed by atoms with E-state index in [0.717, 1.165) is 54.8 Å². The fourth-order valence-electron chi connectivity index (χ4n) is 9.59. The van der Waals surface area contributed by atoms with Crippen LogP contribution in [0.4, 0.5) is 0 Å². The molecule has 1 aromatic carbocycles. The Morgan fingerprint density at radius 2 is 1.86 bits per heavy atom. The molecule has 0 saturated heterocycles. The maximum Gasteiger partial charge on any atom is 0.338 e. The van der Waals surface area contributed by atoms with Gasteiger partial charge in [-0.2, -0.15) is 0 Å². The lowest BCUT2D eigenvalue weighted by atomic mass is 9.47. The number of carbonyl (C=O) groups excluding carboxylic acids is 1. The zero-order valence-corrected chi connectivity index (χ0v) is 24.7. The van der Waals surface area contributed by atoms with Gasteiger partial charge in [-0.25, -0.2) is 4.79 Å². The Bertz CT molecular complexity index is 1010. The molecule has 2 nitrogen and oxygen atoms in total. The number of carbonyl (C=O) groups is 1. The molecule has 204 valence electrons. The highest BCUT2D eigenvalue weighted by molar-refractivity contribution is 6.30. The minimum atomic E-state index is -0.238. The van der Waals surface area contributed by atoms with Crippen molar-refractivity contribution < 1.29 is 9.53 Å². The number of hydrogen-bond donors (Lipinski definition) is 0. The molecule has 5 rings (SSSR count). The van der Waals surface area contributed by atoms with E-state index in [1.165, 1.54) is 51.4 Å². The van der Waals surface area contributed by atoms with Crippen LogP contribution in [-0.2, 0) is 4.74 Å². The topological polar surface area (TPSA) is 26.3 Å². The van der Waals surface area contributed by atoms with Gasteiger partial charge in [0.1, 0.15) is 6.10 Å². The molecule has 0 N–H and O–H groups in total. The van der Waals surface area contributed by atoms with Crippen LogP contribution in [0, 0.1) is 46.3 Å². The van der Waals surface area contributed by atoms with Crippen molar-refractivity contribution in [2.75, 3.05) is 0 Å². The summed E-state index contributed by atoms with van der Waals surface area (Å²) in [5.41, 5.74) is 2.94. The second-order valence-electron chi connectivity index (χ2n) is 14.1. The smallest absolute Gasteiger partial charge is 0.338 e. The largest absolute Gasteiger partial charge is 0.458 e. The van der Waals surface area contributed by atoms with Crippen LogP contribution in [0.5, 0.6) is 0 Å². The van der Waals surface area contributed by atoms with Crippen molar-refractivity contribution in [3.05, 3.63) is 46.5 Å². The molecule has 0 spiro atoms. The number of allylic oxidation sites excluding steroid dienone is 1. The summed E-state index contributed by atoms with van der Waals surface area (Å²) in [7, 11) is 0. The highest BCUT2D eigenvalue weighted by Gasteiger charge is 2.59. The van der Waals surface area contributed by atoms with E-state index in [9.17, 15) is 4.79 Å². The van der Waals surface area contributed by atoms with E-state index in [1.54, 1.807) is 23.8 Å². The molecule has 0 aromatic heterocycles. The molecular formula is C34H49ClO2. The number of fused-ring (bicyclic) bond motifs is 5. The lowest BCUT2D eigenvalue weighted by molar-refractivity contribution is -0.0594. The maximum absolute atomic E-state index is 12.8. The zero-order chi connectivity index (χ0) is 26.4. The van der Waals surface area contributed by atoms with Crippen LogP contribution in [-0.4, -0.2) is 12.1 Å². The van der Waals surface area contributed by atoms with Crippen LogP contribution < -0.4 is 0 Å². The third-order valence-corrected chi connectivity index (χ3v) is 11.8. The Balaban J connectivity index is 1.25. The van der Waals surface area contributed by atoms with Gasteiger partial charge in [-0.05, 0) is 109 Å². The van der Waals surface area contributed by atoms with Gasteiger partial charge in [0.25, 0.3) is 0 Å². The Morgan fingerprint density at radius 3 is 2.62 bits per heavy atom. The monoisotopic (exact) mass is 524 g/mol. The minimum absolute atomic E-state index is 0.0150. The van der Waals surface area contributed by atoms with Gasteiger partial charge in [-0.1, -0.05) is 83.2 Å². The summed E-state index contributed by atoms with van der Waals surface area (Å²) in [4.78, 5) is 12.8. The summed E-state index contributed by atoms with van der Waals surface area (Å²) < 4.78 is 6.00. The van der Waals surface area contributed by atoms with Crippen molar-refractivity contribution >= 4 is 17.6 Å². The van der Waals surface area contributed by atoms with Gasteiger partial charge in [0.2, 0.25) is 0 Å². The van der Waals surface area contributed by atoms with Gasteiger partial charge in [0.05, 0.1) is 5.56 Å². The molecule has 0 unspecified atom stereocenters. The molecule has 0 radical (unpaired) electrons. The van der Waals surface area contributed by atoms with E-state index in [0.29, 0.717) is 16.0 Å². The molecule has 0 aliphatic heterocycles. The Hall–Kier alpha value is -1.28. The van der Waals surface area contributed by atoms with Crippen LogP contribution >= 0.6 is 11.6 Å². The van der Waals surface area contributed by atoms with Crippen molar-refractivity contribution in [2.24, 2.45) is 46.3 Å². The minimum Gasteiger partial charge on any atom is -0.458 e. The summed E-state index contributed by atoms with van der Waals surface area (Å²) in [6, 6.07) is 7.12. The zero-order valence-electron chi connectivity index (χ0n) is 23.9. The maximum atomic E-state index is 12.8. The summed E-state index contributed by atoms with van der Waals surface area (Å²) in [5.74, 6) is 4.88. The number of benzene rings is 1. The number of ether oxygens (including phenoxy) is 1. The summed E-state index contributed by atoms with van der Waals surface area (Å²) >= 11 is 6.10. The molecule has 8 atom stereocenters. The van der Waals surface area contributed by atoms with Crippen LogP contribution in [0.2, 0.25) is 5.02 Å². The van der Waals surface area contributed by atoms with Crippen molar-refractivity contribution in [3.63, 3.8) is 0 Å². The molecular weight excluding hydrogens is 476 g/mol. The third-order valence-electron chi connectivity index (χ3n) is 11.6. The van der Waals surface area contributed by atoms with Gasteiger partial charge < -0.3 is 4.74 Å². The van der Waals surface area contributed by atoms with Crippen molar-refractivity contribution in [1.29, 1.82) is 0 Å². The Morgan fingerprint density at radius 1 is 1.05 bits per heavy atom. The van der Waals surface area contributed by atoms with Crippen molar-refractivity contribution in [1.82, 2.24) is 0 Å².